The Balaban J connectivity index is 3.38. The third-order valence-electron chi connectivity index (χ3n) is 13.7. The zero-order valence-corrected chi connectivity index (χ0v) is 44.9. The molecule has 0 aromatic heterocycles. The predicted molar refractivity (Wildman–Crippen MR) is 292 cm³/mol. The van der Waals surface area contributed by atoms with E-state index in [1.54, 1.807) is 0 Å². The number of ether oxygens (including phenoxy) is 1. The van der Waals surface area contributed by atoms with Crippen LogP contribution in [0.4, 0.5) is 0 Å². The van der Waals surface area contributed by atoms with Gasteiger partial charge in [0.1, 0.15) is 0 Å². The van der Waals surface area contributed by atoms with Gasteiger partial charge in [-0.05, 0) is 83.5 Å². The van der Waals surface area contributed by atoms with Gasteiger partial charge in [0.05, 0.1) is 25.4 Å². The van der Waals surface area contributed by atoms with Crippen LogP contribution in [-0.4, -0.2) is 47.4 Å². The molecule has 6 heteroatoms. The molecule has 0 rings (SSSR count). The van der Waals surface area contributed by atoms with E-state index in [1.807, 2.05) is 0 Å². The fourth-order valence-electron chi connectivity index (χ4n) is 9.08. The normalized spacial score (nSPS) is 12.8. The molecular weight excluding hydrogens is 827 g/mol. The zero-order chi connectivity index (χ0) is 48.6. The Hall–Kier alpha value is -1.92. The largest absolute Gasteiger partial charge is 0.466 e. The van der Waals surface area contributed by atoms with Crippen molar-refractivity contribution in [3.63, 3.8) is 0 Å². The lowest BCUT2D eigenvalue weighted by molar-refractivity contribution is -0.143. The smallest absolute Gasteiger partial charge is 0.305 e. The van der Waals surface area contributed by atoms with Crippen LogP contribution in [0.1, 0.15) is 316 Å². The third-order valence-corrected chi connectivity index (χ3v) is 13.7. The molecule has 1 amide bonds. The van der Waals surface area contributed by atoms with E-state index in [2.05, 4.69) is 55.6 Å². The van der Waals surface area contributed by atoms with Crippen LogP contribution in [0.2, 0.25) is 0 Å². The first-order valence-electron chi connectivity index (χ1n) is 29.7. The Morgan fingerprint density at radius 1 is 0.418 bits per heavy atom. The van der Waals surface area contributed by atoms with E-state index in [-0.39, 0.29) is 18.5 Å². The second-order valence-electron chi connectivity index (χ2n) is 20.3. The van der Waals surface area contributed by atoms with E-state index >= 15 is 0 Å². The number of allylic oxidation sites excluding steroid dienone is 6. The number of carbonyl (C=O) groups is 2. The van der Waals surface area contributed by atoms with Crippen molar-refractivity contribution in [1.82, 2.24) is 5.32 Å². The number of aliphatic hydroxyl groups is 2. The highest BCUT2D eigenvalue weighted by atomic mass is 16.5. The molecule has 0 saturated carbocycles. The number of unbranched alkanes of at least 4 members (excludes halogenated alkanes) is 38. The Kier molecular flexibility index (Phi) is 55.0. The highest BCUT2D eigenvalue weighted by molar-refractivity contribution is 5.76. The van der Waals surface area contributed by atoms with Crippen LogP contribution in [0.3, 0.4) is 0 Å². The monoisotopic (exact) mass is 942 g/mol. The number of hydrogen-bond donors (Lipinski definition) is 3. The number of hydrogen-bond acceptors (Lipinski definition) is 5. The van der Waals surface area contributed by atoms with Crippen molar-refractivity contribution < 1.29 is 24.5 Å². The van der Waals surface area contributed by atoms with Crippen molar-refractivity contribution >= 4 is 11.9 Å². The summed E-state index contributed by atoms with van der Waals surface area (Å²) in [6.45, 7) is 4.91. The van der Waals surface area contributed by atoms with Gasteiger partial charge in [-0.3, -0.25) is 9.59 Å². The van der Waals surface area contributed by atoms with Crippen molar-refractivity contribution in [1.29, 1.82) is 0 Å². The Morgan fingerprint density at radius 3 is 1.18 bits per heavy atom. The third kappa shape index (κ3) is 53.3. The van der Waals surface area contributed by atoms with Crippen molar-refractivity contribution in [3.8, 4) is 0 Å². The standard InChI is InChI=1S/C61H115NO5/c1-3-5-7-9-11-13-14-35-39-43-47-51-55-61(66)67-56-52-48-44-40-36-33-31-29-27-25-23-21-19-17-15-16-18-20-22-24-26-28-30-32-34-38-42-46-50-54-60(65)62-58(57-63)59(64)53-49-45-41-37-12-10-8-6-4-2/h11,13,15,17,21,23,58-59,63-64H,3-10,12,14,16,18-20,22,24-57H2,1-2H3,(H,62,65)/b13-11-,17-15-,23-21-. The molecule has 0 spiro atoms. The summed E-state index contributed by atoms with van der Waals surface area (Å²) in [5.41, 5.74) is 0. The van der Waals surface area contributed by atoms with Crippen LogP contribution in [0.25, 0.3) is 0 Å². The summed E-state index contributed by atoms with van der Waals surface area (Å²) in [7, 11) is 0. The molecule has 2 unspecified atom stereocenters. The number of rotatable bonds is 55. The van der Waals surface area contributed by atoms with Crippen molar-refractivity contribution in [2.45, 2.75) is 328 Å². The van der Waals surface area contributed by atoms with E-state index in [9.17, 15) is 19.8 Å². The van der Waals surface area contributed by atoms with Gasteiger partial charge in [-0.15, -0.1) is 0 Å². The summed E-state index contributed by atoms with van der Waals surface area (Å²) < 4.78 is 5.46. The number of carbonyl (C=O) groups excluding carboxylic acids is 2. The van der Waals surface area contributed by atoms with Gasteiger partial charge in [-0.2, -0.15) is 0 Å². The lowest BCUT2D eigenvalue weighted by atomic mass is 10.0. The first kappa shape index (κ1) is 65.1. The molecule has 2 atom stereocenters. The minimum absolute atomic E-state index is 0.00152. The first-order valence-corrected chi connectivity index (χ1v) is 29.7. The molecule has 0 fully saturated rings. The van der Waals surface area contributed by atoms with Gasteiger partial charge < -0.3 is 20.3 Å². The fraction of sp³-hybridized carbons (Fsp3) is 0.869. The van der Waals surface area contributed by atoms with Crippen LogP contribution in [-0.2, 0) is 14.3 Å². The molecule has 3 N–H and O–H groups in total. The highest BCUT2D eigenvalue weighted by Gasteiger charge is 2.20. The van der Waals surface area contributed by atoms with Gasteiger partial charge in [-0.1, -0.05) is 256 Å². The predicted octanol–water partition coefficient (Wildman–Crippen LogP) is 18.4. The van der Waals surface area contributed by atoms with Crippen molar-refractivity contribution in [2.75, 3.05) is 13.2 Å². The molecule has 0 heterocycles. The van der Waals surface area contributed by atoms with Gasteiger partial charge in [0.15, 0.2) is 0 Å². The van der Waals surface area contributed by atoms with Gasteiger partial charge in [0.25, 0.3) is 0 Å². The molecule has 0 aliphatic rings. The summed E-state index contributed by atoms with van der Waals surface area (Å²) in [5.74, 6) is -0.0366. The van der Waals surface area contributed by atoms with Gasteiger partial charge >= 0.3 is 5.97 Å². The number of amides is 1. The average Bonchev–Trinajstić information content (AvgIpc) is 3.33. The van der Waals surface area contributed by atoms with E-state index < -0.39 is 12.1 Å². The summed E-state index contributed by atoms with van der Waals surface area (Å²) in [6.07, 6.45) is 70.2. The average molecular weight is 943 g/mol. The molecule has 0 radical (unpaired) electrons. The van der Waals surface area contributed by atoms with E-state index in [1.165, 1.54) is 231 Å². The quantitative estimate of drug-likeness (QED) is 0.0321. The second-order valence-corrected chi connectivity index (χ2v) is 20.3. The van der Waals surface area contributed by atoms with Crippen LogP contribution in [0.15, 0.2) is 36.5 Å². The van der Waals surface area contributed by atoms with Gasteiger partial charge in [0.2, 0.25) is 5.91 Å². The SMILES string of the molecule is CCCCC/C=C\CCCCCCCC(=O)OCCCCCCCCCCC/C=C\C/C=C\CCCCCCCCCCCCCCCC(=O)NC(CO)C(O)CCCCCCCCCCC. The molecule has 0 bridgehead atoms. The topological polar surface area (TPSA) is 95.9 Å². The number of nitrogens with one attached hydrogen (secondary N) is 1. The maximum absolute atomic E-state index is 12.4. The van der Waals surface area contributed by atoms with E-state index in [4.69, 9.17) is 4.74 Å². The fourth-order valence-corrected chi connectivity index (χ4v) is 9.08. The highest BCUT2D eigenvalue weighted by Crippen LogP contribution is 2.17. The molecule has 0 aromatic carbocycles. The Bertz CT molecular complexity index is 1090. The van der Waals surface area contributed by atoms with E-state index in [0.717, 1.165) is 51.4 Å². The molecule has 67 heavy (non-hydrogen) atoms. The van der Waals surface area contributed by atoms with E-state index in [0.29, 0.717) is 25.9 Å². The summed E-state index contributed by atoms with van der Waals surface area (Å²) in [5, 5.41) is 23.1. The Morgan fingerprint density at radius 2 is 0.746 bits per heavy atom. The lowest BCUT2D eigenvalue weighted by Gasteiger charge is -2.22. The van der Waals surface area contributed by atoms with Gasteiger partial charge in [0, 0.05) is 12.8 Å². The second kappa shape index (κ2) is 56.7. The summed E-state index contributed by atoms with van der Waals surface area (Å²) in [6, 6.07) is -0.540. The minimum Gasteiger partial charge on any atom is -0.466 e. The zero-order valence-electron chi connectivity index (χ0n) is 44.9. The van der Waals surface area contributed by atoms with Crippen LogP contribution < -0.4 is 5.32 Å². The first-order chi connectivity index (χ1) is 33.0. The van der Waals surface area contributed by atoms with Crippen molar-refractivity contribution in [3.05, 3.63) is 36.5 Å². The maximum Gasteiger partial charge on any atom is 0.305 e. The number of aliphatic hydroxyl groups excluding tert-OH is 2. The molecule has 0 aliphatic carbocycles. The molecule has 394 valence electrons. The van der Waals surface area contributed by atoms with Gasteiger partial charge in [-0.25, -0.2) is 0 Å². The number of esters is 1. The molecule has 0 aliphatic heterocycles. The molecule has 6 nitrogen and oxygen atoms in total. The summed E-state index contributed by atoms with van der Waals surface area (Å²) >= 11 is 0. The minimum atomic E-state index is -0.662. The Labute approximate surface area is 417 Å². The van der Waals surface area contributed by atoms with Crippen LogP contribution in [0, 0.1) is 0 Å². The summed E-state index contributed by atoms with van der Waals surface area (Å²) in [4.78, 5) is 24.4. The van der Waals surface area contributed by atoms with Crippen LogP contribution >= 0.6 is 0 Å². The molecule has 0 saturated heterocycles. The van der Waals surface area contributed by atoms with Crippen LogP contribution in [0.5, 0.6) is 0 Å². The lowest BCUT2D eigenvalue weighted by Crippen LogP contribution is -2.45. The van der Waals surface area contributed by atoms with Crippen molar-refractivity contribution in [2.24, 2.45) is 0 Å². The molecule has 0 aromatic rings. The molecular formula is C61H115NO5. The maximum atomic E-state index is 12.4.